The normalized spacial score (nSPS) is 13.2. The Morgan fingerprint density at radius 3 is 2.54 bits per heavy atom. The number of amides is 2. The number of rotatable bonds is 5. The Bertz CT molecular complexity index is 720. The zero-order valence-corrected chi connectivity index (χ0v) is 14.8. The lowest BCUT2D eigenvalue weighted by atomic mass is 9.96. The van der Waals surface area contributed by atoms with Crippen molar-refractivity contribution in [3.8, 4) is 0 Å². The van der Waals surface area contributed by atoms with Crippen LogP contribution < -0.4 is 15.5 Å². The molecule has 2 aromatic rings. The summed E-state index contributed by atoms with van der Waals surface area (Å²) < 4.78 is 5.45. The summed E-state index contributed by atoms with van der Waals surface area (Å²) >= 11 is 0. The molecule has 0 saturated carbocycles. The first-order valence-electron chi connectivity index (χ1n) is 7.82. The Morgan fingerprint density at radius 2 is 1.96 bits per heavy atom. The molecule has 6 heteroatoms. The molecule has 0 bridgehead atoms. The van der Waals surface area contributed by atoms with Gasteiger partial charge < -0.3 is 25.1 Å². The number of nitrogens with zero attached hydrogens (tertiary/aromatic N) is 1. The Labute approximate surface area is 142 Å². The molecule has 0 saturated heterocycles. The maximum absolute atomic E-state index is 12.2. The van der Waals surface area contributed by atoms with E-state index in [1.807, 2.05) is 50.2 Å². The van der Waals surface area contributed by atoms with Crippen LogP contribution in [0.25, 0.3) is 0 Å². The molecule has 0 aliphatic rings. The number of hydrogen-bond acceptors (Lipinski definition) is 4. The van der Waals surface area contributed by atoms with Gasteiger partial charge in [0.2, 0.25) is 0 Å². The minimum Gasteiger partial charge on any atom is -0.466 e. The van der Waals surface area contributed by atoms with Crippen molar-refractivity contribution in [2.24, 2.45) is 0 Å². The van der Waals surface area contributed by atoms with E-state index >= 15 is 0 Å². The van der Waals surface area contributed by atoms with Crippen molar-refractivity contribution in [2.45, 2.75) is 26.4 Å². The summed E-state index contributed by atoms with van der Waals surface area (Å²) in [7, 11) is 3.82. The quantitative estimate of drug-likeness (QED) is 0.787. The Balaban J connectivity index is 2.02. The predicted octanol–water partition coefficient (Wildman–Crippen LogP) is 2.99. The summed E-state index contributed by atoms with van der Waals surface area (Å²) in [6.45, 7) is 5.34. The van der Waals surface area contributed by atoms with E-state index in [0.717, 1.165) is 11.4 Å². The molecular weight excluding hydrogens is 306 g/mol. The Morgan fingerprint density at radius 1 is 1.29 bits per heavy atom. The summed E-state index contributed by atoms with van der Waals surface area (Å²) in [5.41, 5.74) is 1.07. The van der Waals surface area contributed by atoms with Gasteiger partial charge in [0.05, 0.1) is 17.9 Å². The van der Waals surface area contributed by atoms with Crippen LogP contribution >= 0.6 is 0 Å². The van der Waals surface area contributed by atoms with Gasteiger partial charge in [-0.2, -0.15) is 0 Å². The molecule has 0 aliphatic carbocycles. The molecule has 2 amide bonds. The maximum atomic E-state index is 12.2. The number of nitrogens with one attached hydrogen (secondary N) is 2. The number of aryl methyl sites for hydroxylation is 2. The van der Waals surface area contributed by atoms with Crippen molar-refractivity contribution in [1.82, 2.24) is 5.32 Å². The fourth-order valence-electron chi connectivity index (χ4n) is 2.65. The molecule has 3 N–H and O–H groups in total. The molecule has 1 unspecified atom stereocenters. The van der Waals surface area contributed by atoms with Gasteiger partial charge in [-0.15, -0.1) is 0 Å². The second-order valence-corrected chi connectivity index (χ2v) is 6.32. The zero-order valence-electron chi connectivity index (χ0n) is 14.8. The number of urea groups is 1. The molecule has 24 heavy (non-hydrogen) atoms. The van der Waals surface area contributed by atoms with Crippen molar-refractivity contribution in [3.05, 3.63) is 47.4 Å². The molecule has 1 aromatic heterocycles. The first-order chi connectivity index (χ1) is 11.2. The molecule has 130 valence electrons. The van der Waals surface area contributed by atoms with E-state index in [1.165, 1.54) is 0 Å². The molecule has 2 rings (SSSR count). The molecule has 1 aromatic carbocycles. The molecule has 0 spiro atoms. The number of aliphatic hydroxyl groups is 1. The molecule has 0 fully saturated rings. The smallest absolute Gasteiger partial charge is 0.319 e. The fraction of sp³-hybridized carbons (Fsp3) is 0.389. The SMILES string of the molecule is Cc1cc(C(C)(O)CNC(=O)Nc2ccccc2N(C)C)c(C)o1. The number of para-hydroxylation sites is 2. The van der Waals surface area contributed by atoms with Crippen molar-refractivity contribution in [2.75, 3.05) is 30.9 Å². The summed E-state index contributed by atoms with van der Waals surface area (Å²) in [5.74, 6) is 1.38. The van der Waals surface area contributed by atoms with Crippen molar-refractivity contribution >= 4 is 17.4 Å². The van der Waals surface area contributed by atoms with E-state index < -0.39 is 5.60 Å². The lowest BCUT2D eigenvalue weighted by molar-refractivity contribution is 0.0584. The number of anilines is 2. The number of furan rings is 1. The minimum atomic E-state index is -1.21. The van der Waals surface area contributed by atoms with Crippen LogP contribution in [0.5, 0.6) is 0 Å². The average molecular weight is 331 g/mol. The number of carbonyl (C=O) groups is 1. The minimum absolute atomic E-state index is 0.0722. The van der Waals surface area contributed by atoms with Crippen LogP contribution in [-0.2, 0) is 5.60 Å². The summed E-state index contributed by atoms with van der Waals surface area (Å²) in [6.07, 6.45) is 0. The summed E-state index contributed by atoms with van der Waals surface area (Å²) in [4.78, 5) is 14.1. The third-order valence-corrected chi connectivity index (χ3v) is 3.85. The maximum Gasteiger partial charge on any atom is 0.319 e. The van der Waals surface area contributed by atoms with Crippen LogP contribution in [0, 0.1) is 13.8 Å². The Hall–Kier alpha value is -2.47. The number of carbonyl (C=O) groups excluding carboxylic acids is 1. The van der Waals surface area contributed by atoms with Gasteiger partial charge in [-0.3, -0.25) is 0 Å². The van der Waals surface area contributed by atoms with Crippen LogP contribution in [0.3, 0.4) is 0 Å². The van der Waals surface area contributed by atoms with Gasteiger partial charge in [-0.1, -0.05) is 12.1 Å². The van der Waals surface area contributed by atoms with Crippen LogP contribution in [0.2, 0.25) is 0 Å². The lowest BCUT2D eigenvalue weighted by Crippen LogP contribution is -2.40. The topological polar surface area (TPSA) is 77.7 Å². The van der Waals surface area contributed by atoms with E-state index in [1.54, 1.807) is 19.9 Å². The third kappa shape index (κ3) is 4.08. The first kappa shape index (κ1) is 17.9. The summed E-state index contributed by atoms with van der Waals surface area (Å²) in [6, 6.07) is 8.93. The largest absolute Gasteiger partial charge is 0.466 e. The highest BCUT2D eigenvalue weighted by Crippen LogP contribution is 2.27. The average Bonchev–Trinajstić information content (AvgIpc) is 2.85. The van der Waals surface area contributed by atoms with Gasteiger partial charge in [-0.05, 0) is 39.0 Å². The lowest BCUT2D eigenvalue weighted by Gasteiger charge is -2.24. The van der Waals surface area contributed by atoms with E-state index in [0.29, 0.717) is 17.0 Å². The third-order valence-electron chi connectivity index (χ3n) is 3.85. The second kappa shape index (κ2) is 6.97. The zero-order chi connectivity index (χ0) is 17.9. The highest BCUT2D eigenvalue weighted by Gasteiger charge is 2.28. The molecule has 1 atom stereocenters. The second-order valence-electron chi connectivity index (χ2n) is 6.32. The van der Waals surface area contributed by atoms with E-state index in [9.17, 15) is 9.90 Å². The van der Waals surface area contributed by atoms with E-state index in [4.69, 9.17) is 4.42 Å². The van der Waals surface area contributed by atoms with Gasteiger partial charge in [0.15, 0.2) is 0 Å². The molecule has 6 nitrogen and oxygen atoms in total. The molecule has 0 radical (unpaired) electrons. The molecular formula is C18H25N3O3. The monoisotopic (exact) mass is 331 g/mol. The van der Waals surface area contributed by atoms with Crippen LogP contribution in [-0.4, -0.2) is 31.8 Å². The van der Waals surface area contributed by atoms with Gasteiger partial charge in [0, 0.05) is 19.7 Å². The van der Waals surface area contributed by atoms with Crippen molar-refractivity contribution in [1.29, 1.82) is 0 Å². The van der Waals surface area contributed by atoms with E-state index in [2.05, 4.69) is 10.6 Å². The molecule has 1 heterocycles. The first-order valence-corrected chi connectivity index (χ1v) is 7.82. The standard InChI is InChI=1S/C18H25N3O3/c1-12-10-14(13(2)24-12)18(3,23)11-19-17(22)20-15-8-6-7-9-16(15)21(4)5/h6-10,23H,11H2,1-5H3,(H2,19,20,22). The van der Waals surface area contributed by atoms with Gasteiger partial charge in [-0.25, -0.2) is 4.79 Å². The Kier molecular flexibility index (Phi) is 5.19. The predicted molar refractivity (Wildman–Crippen MR) is 95.5 cm³/mol. The molecule has 0 aliphatic heterocycles. The van der Waals surface area contributed by atoms with Crippen LogP contribution in [0.15, 0.2) is 34.7 Å². The van der Waals surface area contributed by atoms with Crippen LogP contribution in [0.1, 0.15) is 24.0 Å². The highest BCUT2D eigenvalue weighted by atomic mass is 16.3. The fourth-order valence-corrected chi connectivity index (χ4v) is 2.65. The highest BCUT2D eigenvalue weighted by molar-refractivity contribution is 5.93. The number of hydrogen-bond donors (Lipinski definition) is 3. The van der Waals surface area contributed by atoms with Crippen molar-refractivity contribution in [3.63, 3.8) is 0 Å². The van der Waals surface area contributed by atoms with Gasteiger partial charge in [0.1, 0.15) is 17.1 Å². The van der Waals surface area contributed by atoms with Crippen LogP contribution in [0.4, 0.5) is 16.2 Å². The van der Waals surface area contributed by atoms with Gasteiger partial charge in [0.25, 0.3) is 0 Å². The van der Waals surface area contributed by atoms with E-state index in [-0.39, 0.29) is 12.6 Å². The summed E-state index contributed by atoms with van der Waals surface area (Å²) in [5, 5.41) is 16.1. The number of benzene rings is 1. The van der Waals surface area contributed by atoms with Crippen molar-refractivity contribution < 1.29 is 14.3 Å². The van der Waals surface area contributed by atoms with Gasteiger partial charge >= 0.3 is 6.03 Å².